The van der Waals surface area contributed by atoms with Gasteiger partial charge in [-0.05, 0) is 42.0 Å². The summed E-state index contributed by atoms with van der Waals surface area (Å²) >= 11 is 2.66. The largest absolute Gasteiger partial charge is 0.497 e. The molecule has 0 spiro atoms. The van der Waals surface area contributed by atoms with E-state index in [1.165, 1.54) is 23.5 Å². The van der Waals surface area contributed by atoms with E-state index in [1.54, 1.807) is 38.3 Å². The molecule has 1 amide bonds. The van der Waals surface area contributed by atoms with Crippen molar-refractivity contribution in [2.45, 2.75) is 6.92 Å². The Morgan fingerprint density at radius 3 is 2.32 bits per heavy atom. The predicted molar refractivity (Wildman–Crippen MR) is 89.6 cm³/mol. The fourth-order valence-electron chi connectivity index (χ4n) is 1.66. The zero-order valence-electron chi connectivity index (χ0n) is 12.1. The van der Waals surface area contributed by atoms with Crippen molar-refractivity contribution >= 4 is 41.1 Å². The van der Waals surface area contributed by atoms with Crippen LogP contribution in [0.15, 0.2) is 44.9 Å². The molecule has 22 heavy (non-hydrogen) atoms. The quantitative estimate of drug-likeness (QED) is 0.385. The summed E-state index contributed by atoms with van der Waals surface area (Å²) in [6.07, 6.45) is 0. The first kappa shape index (κ1) is 16.5. The molecule has 5 nitrogen and oxygen atoms in total. The molecule has 1 aliphatic heterocycles. The highest BCUT2D eigenvalue weighted by Crippen LogP contribution is 2.40. The lowest BCUT2D eigenvalue weighted by Gasteiger charge is -2.10. The summed E-state index contributed by atoms with van der Waals surface area (Å²) in [5.41, 5.74) is 0.604. The molecular formula is C15H15NO4S2. The number of esters is 1. The molecule has 116 valence electrons. The van der Waals surface area contributed by atoms with Crippen LogP contribution in [0.3, 0.4) is 0 Å². The Morgan fingerprint density at radius 1 is 1.14 bits per heavy atom. The molecule has 0 radical (unpaired) electrons. The van der Waals surface area contributed by atoms with Gasteiger partial charge in [-0.15, -0.1) is 0 Å². The Labute approximate surface area is 137 Å². The average molecular weight is 337 g/mol. The number of benzene rings is 1. The molecule has 7 heteroatoms. The van der Waals surface area contributed by atoms with Gasteiger partial charge in [-0.3, -0.25) is 4.79 Å². The molecule has 1 aromatic rings. The van der Waals surface area contributed by atoms with Crippen molar-refractivity contribution in [2.24, 2.45) is 0 Å². The summed E-state index contributed by atoms with van der Waals surface area (Å²) in [5, 5.41) is 6.34. The molecule has 0 aliphatic carbocycles. The maximum Gasteiger partial charge on any atom is 0.345 e. The third-order valence-electron chi connectivity index (χ3n) is 2.66. The third kappa shape index (κ3) is 4.08. The summed E-state index contributed by atoms with van der Waals surface area (Å²) < 4.78 is 10.7. The Bertz CT molecular complexity index is 613. The molecule has 0 fully saturated rings. The number of anilines is 1. The monoisotopic (exact) mass is 337 g/mol. The van der Waals surface area contributed by atoms with Crippen LogP contribution >= 0.6 is 23.5 Å². The zero-order chi connectivity index (χ0) is 15.9. The van der Waals surface area contributed by atoms with Crippen LogP contribution in [-0.4, -0.2) is 25.6 Å². The van der Waals surface area contributed by atoms with Gasteiger partial charge in [0.15, 0.2) is 0 Å². The molecule has 1 aliphatic rings. The molecule has 1 heterocycles. The van der Waals surface area contributed by atoms with Crippen molar-refractivity contribution in [2.75, 3.05) is 19.0 Å². The minimum Gasteiger partial charge on any atom is -0.497 e. The molecule has 2 rings (SSSR count). The summed E-state index contributed by atoms with van der Waals surface area (Å²) in [6, 6.07) is 6.87. The molecular weight excluding hydrogens is 322 g/mol. The molecule has 0 bridgehead atoms. The van der Waals surface area contributed by atoms with Gasteiger partial charge < -0.3 is 14.8 Å². The lowest BCUT2D eigenvalue weighted by atomic mass is 10.2. The van der Waals surface area contributed by atoms with Gasteiger partial charge in [0.25, 0.3) is 5.91 Å². The molecule has 0 saturated carbocycles. The summed E-state index contributed by atoms with van der Waals surface area (Å²) in [7, 11) is 1.57. The SMILES string of the molecule is CCOC(=O)C(C(=O)Nc1ccc(OC)cc1)=C1SC=CS1. The van der Waals surface area contributed by atoms with Gasteiger partial charge in [0.2, 0.25) is 0 Å². The Balaban J connectivity index is 2.18. The van der Waals surface area contributed by atoms with E-state index in [9.17, 15) is 9.59 Å². The maximum atomic E-state index is 12.4. The van der Waals surface area contributed by atoms with Gasteiger partial charge in [0.05, 0.1) is 18.0 Å². The molecule has 0 atom stereocenters. The maximum absolute atomic E-state index is 12.4. The van der Waals surface area contributed by atoms with E-state index < -0.39 is 11.9 Å². The molecule has 0 unspecified atom stereocenters. The second-order valence-electron chi connectivity index (χ2n) is 4.07. The van der Waals surface area contributed by atoms with Gasteiger partial charge >= 0.3 is 5.97 Å². The standard InChI is InChI=1S/C15H15NO4S2/c1-3-20-14(18)12(15-21-8-9-22-15)13(17)16-10-4-6-11(19-2)7-5-10/h4-9H,3H2,1-2H3,(H,16,17). The number of thioether (sulfide) groups is 2. The normalized spacial score (nSPS) is 12.9. The van der Waals surface area contributed by atoms with Crippen molar-refractivity contribution in [3.63, 3.8) is 0 Å². The fourth-order valence-corrected chi connectivity index (χ4v) is 3.50. The first-order chi connectivity index (χ1) is 10.7. The first-order valence-electron chi connectivity index (χ1n) is 6.50. The van der Waals surface area contributed by atoms with E-state index in [0.29, 0.717) is 15.7 Å². The highest BCUT2D eigenvalue weighted by atomic mass is 32.2. The zero-order valence-corrected chi connectivity index (χ0v) is 13.8. The number of rotatable bonds is 5. The summed E-state index contributed by atoms with van der Waals surface area (Å²) in [4.78, 5) is 24.5. The lowest BCUT2D eigenvalue weighted by Crippen LogP contribution is -2.23. The van der Waals surface area contributed by atoms with Crippen molar-refractivity contribution < 1.29 is 19.1 Å². The van der Waals surface area contributed by atoms with Crippen molar-refractivity contribution in [1.82, 2.24) is 0 Å². The Hall–Kier alpha value is -1.86. The summed E-state index contributed by atoms with van der Waals surface area (Å²) in [5.74, 6) is -0.414. The van der Waals surface area contributed by atoms with Gasteiger partial charge in [-0.2, -0.15) is 0 Å². The van der Waals surface area contributed by atoms with Crippen LogP contribution < -0.4 is 10.1 Å². The van der Waals surface area contributed by atoms with E-state index in [2.05, 4.69) is 5.32 Å². The van der Waals surface area contributed by atoms with Crippen LogP contribution in [0.2, 0.25) is 0 Å². The second-order valence-corrected chi connectivity index (χ2v) is 6.16. The topological polar surface area (TPSA) is 64.6 Å². The molecule has 1 aromatic carbocycles. The highest BCUT2D eigenvalue weighted by Gasteiger charge is 2.26. The number of amides is 1. The molecule has 1 N–H and O–H groups in total. The smallest absolute Gasteiger partial charge is 0.345 e. The van der Waals surface area contributed by atoms with Gasteiger partial charge in [0, 0.05) is 5.69 Å². The van der Waals surface area contributed by atoms with Crippen molar-refractivity contribution in [3.8, 4) is 5.75 Å². The molecule has 0 saturated heterocycles. The third-order valence-corrected chi connectivity index (χ3v) is 4.79. The number of ether oxygens (including phenoxy) is 2. The van der Waals surface area contributed by atoms with Crippen LogP contribution in [0, 0.1) is 0 Å². The number of hydrogen-bond donors (Lipinski definition) is 1. The molecule has 0 aromatic heterocycles. The van der Waals surface area contributed by atoms with Crippen LogP contribution in [-0.2, 0) is 14.3 Å². The highest BCUT2D eigenvalue weighted by molar-refractivity contribution is 8.27. The van der Waals surface area contributed by atoms with E-state index in [1.807, 2.05) is 10.8 Å². The number of carbonyl (C=O) groups excluding carboxylic acids is 2. The van der Waals surface area contributed by atoms with Crippen LogP contribution in [0.1, 0.15) is 6.92 Å². The Morgan fingerprint density at radius 2 is 1.77 bits per heavy atom. The average Bonchev–Trinajstić information content (AvgIpc) is 3.02. The van der Waals surface area contributed by atoms with E-state index in [4.69, 9.17) is 9.47 Å². The minimum atomic E-state index is -0.618. The van der Waals surface area contributed by atoms with E-state index in [0.717, 1.165) is 0 Å². The van der Waals surface area contributed by atoms with Crippen molar-refractivity contribution in [1.29, 1.82) is 0 Å². The predicted octanol–water partition coefficient (Wildman–Crippen LogP) is 3.36. The number of methoxy groups -OCH3 is 1. The number of hydrogen-bond acceptors (Lipinski definition) is 6. The fraction of sp³-hybridized carbons (Fsp3) is 0.200. The van der Waals surface area contributed by atoms with Gasteiger partial charge in [-0.1, -0.05) is 23.5 Å². The minimum absolute atomic E-state index is 0.0256. The van der Waals surface area contributed by atoms with Crippen molar-refractivity contribution in [3.05, 3.63) is 44.9 Å². The summed E-state index contributed by atoms with van der Waals surface area (Å²) in [6.45, 7) is 1.92. The van der Waals surface area contributed by atoms with Gasteiger partial charge in [-0.25, -0.2) is 4.79 Å². The van der Waals surface area contributed by atoms with E-state index in [-0.39, 0.29) is 12.2 Å². The van der Waals surface area contributed by atoms with Crippen LogP contribution in [0.25, 0.3) is 0 Å². The lowest BCUT2D eigenvalue weighted by molar-refractivity contribution is -0.139. The number of nitrogens with one attached hydrogen (secondary N) is 1. The second kappa shape index (κ2) is 7.95. The Kier molecular flexibility index (Phi) is 5.97. The van der Waals surface area contributed by atoms with Crippen LogP contribution in [0.5, 0.6) is 5.75 Å². The number of carbonyl (C=O) groups is 2. The van der Waals surface area contributed by atoms with Gasteiger partial charge in [0.1, 0.15) is 11.3 Å². The van der Waals surface area contributed by atoms with E-state index >= 15 is 0 Å². The first-order valence-corrected chi connectivity index (χ1v) is 8.26. The van der Waals surface area contributed by atoms with Crippen LogP contribution in [0.4, 0.5) is 5.69 Å².